The molecular weight excluding hydrogens is 264 g/mol. The van der Waals surface area contributed by atoms with E-state index in [-0.39, 0.29) is 6.04 Å². The van der Waals surface area contributed by atoms with Gasteiger partial charge in [-0.05, 0) is 12.3 Å². The average Bonchev–Trinajstić information content (AvgIpc) is 3.04. The number of aromatic nitrogens is 2. The predicted octanol–water partition coefficient (Wildman–Crippen LogP) is 2.27. The summed E-state index contributed by atoms with van der Waals surface area (Å²) in [6.07, 6.45) is 7.96. The van der Waals surface area contributed by atoms with Crippen LogP contribution in [0.3, 0.4) is 0 Å². The summed E-state index contributed by atoms with van der Waals surface area (Å²) < 4.78 is 7.00. The van der Waals surface area contributed by atoms with Crippen molar-refractivity contribution in [3.05, 3.63) is 16.9 Å². The van der Waals surface area contributed by atoms with Gasteiger partial charge in [-0.15, -0.1) is 0 Å². The van der Waals surface area contributed by atoms with Crippen LogP contribution in [-0.2, 0) is 11.3 Å². The van der Waals surface area contributed by atoms with Crippen molar-refractivity contribution in [2.75, 3.05) is 13.7 Å². The molecule has 6 heteroatoms. The van der Waals surface area contributed by atoms with Crippen molar-refractivity contribution < 1.29 is 4.74 Å². The Kier molecular flexibility index (Phi) is 5.63. The molecule has 0 aliphatic heterocycles. The Labute approximate surface area is 119 Å². The number of nitrogens with zero attached hydrogens (tertiary/aromatic N) is 2. The molecule has 1 aromatic rings. The van der Waals surface area contributed by atoms with Gasteiger partial charge in [0.15, 0.2) is 0 Å². The van der Waals surface area contributed by atoms with E-state index in [1.807, 2.05) is 4.68 Å². The molecule has 108 valence electrons. The minimum absolute atomic E-state index is 0.0648. The van der Waals surface area contributed by atoms with Crippen molar-refractivity contribution in [3.63, 3.8) is 0 Å². The van der Waals surface area contributed by atoms with E-state index in [1.165, 1.54) is 25.7 Å². The second kappa shape index (κ2) is 7.24. The van der Waals surface area contributed by atoms with Crippen molar-refractivity contribution in [3.8, 4) is 0 Å². The highest BCUT2D eigenvalue weighted by molar-refractivity contribution is 6.31. The molecule has 19 heavy (non-hydrogen) atoms. The monoisotopic (exact) mass is 286 g/mol. The largest absolute Gasteiger partial charge is 0.383 e. The Morgan fingerprint density at radius 1 is 1.58 bits per heavy atom. The van der Waals surface area contributed by atoms with Crippen LogP contribution < -0.4 is 11.3 Å². The summed E-state index contributed by atoms with van der Waals surface area (Å²) in [5, 5.41) is 4.98. The number of halogens is 1. The van der Waals surface area contributed by atoms with Gasteiger partial charge < -0.3 is 4.74 Å². The van der Waals surface area contributed by atoms with Crippen LogP contribution in [0.15, 0.2) is 6.20 Å². The van der Waals surface area contributed by atoms with Crippen molar-refractivity contribution in [1.82, 2.24) is 15.2 Å². The Balaban J connectivity index is 2.09. The van der Waals surface area contributed by atoms with Gasteiger partial charge in [-0.1, -0.05) is 37.3 Å². The molecule has 1 aromatic heterocycles. The summed E-state index contributed by atoms with van der Waals surface area (Å²) in [6, 6.07) is 0.0648. The second-order valence-corrected chi connectivity index (χ2v) is 5.61. The normalized spacial score (nSPS) is 18.1. The van der Waals surface area contributed by atoms with E-state index >= 15 is 0 Å². The molecule has 2 rings (SSSR count). The smallest absolute Gasteiger partial charge is 0.0834 e. The molecule has 1 unspecified atom stereocenters. The molecule has 1 saturated carbocycles. The van der Waals surface area contributed by atoms with E-state index in [0.717, 1.165) is 18.0 Å². The summed E-state index contributed by atoms with van der Waals surface area (Å²) in [6.45, 7) is 1.31. The molecule has 0 spiro atoms. The van der Waals surface area contributed by atoms with Crippen LogP contribution in [0, 0.1) is 5.92 Å². The van der Waals surface area contributed by atoms with Gasteiger partial charge in [0.1, 0.15) is 0 Å². The molecule has 3 N–H and O–H groups in total. The van der Waals surface area contributed by atoms with Crippen LogP contribution in [0.1, 0.15) is 43.8 Å². The third-order valence-electron chi connectivity index (χ3n) is 3.92. The third-order valence-corrected chi connectivity index (χ3v) is 4.21. The predicted molar refractivity (Wildman–Crippen MR) is 75.8 cm³/mol. The first-order valence-corrected chi connectivity index (χ1v) is 7.30. The maximum absolute atomic E-state index is 6.26. The van der Waals surface area contributed by atoms with Crippen molar-refractivity contribution in [2.45, 2.75) is 44.7 Å². The lowest BCUT2D eigenvalue weighted by atomic mass is 9.97. The van der Waals surface area contributed by atoms with Gasteiger partial charge in [-0.2, -0.15) is 5.10 Å². The molecular formula is C13H23ClN4O. The number of methoxy groups -OCH3 is 1. The van der Waals surface area contributed by atoms with E-state index < -0.39 is 0 Å². The number of hydrazine groups is 1. The molecule has 1 atom stereocenters. The summed E-state index contributed by atoms with van der Waals surface area (Å²) in [4.78, 5) is 0. The molecule has 0 bridgehead atoms. The molecule has 0 aromatic carbocycles. The van der Waals surface area contributed by atoms with Crippen LogP contribution in [0.2, 0.25) is 5.02 Å². The summed E-state index contributed by atoms with van der Waals surface area (Å²) in [7, 11) is 1.68. The topological polar surface area (TPSA) is 65.1 Å². The number of nitrogens with one attached hydrogen (secondary N) is 1. The maximum Gasteiger partial charge on any atom is 0.0834 e. The fraction of sp³-hybridized carbons (Fsp3) is 0.769. The van der Waals surface area contributed by atoms with Crippen LogP contribution in [-0.4, -0.2) is 23.5 Å². The Bertz CT molecular complexity index is 390. The lowest BCUT2D eigenvalue weighted by molar-refractivity contribution is 0.181. The number of hydrogen-bond acceptors (Lipinski definition) is 4. The van der Waals surface area contributed by atoms with E-state index in [1.54, 1.807) is 13.3 Å². The molecule has 0 amide bonds. The zero-order valence-electron chi connectivity index (χ0n) is 11.4. The molecule has 1 aliphatic rings. The highest BCUT2D eigenvalue weighted by Gasteiger charge is 2.25. The standard InChI is InChI=1S/C13H23ClN4O/c1-19-7-6-18-13(11(14)9-16-18)12(17-15)8-10-4-2-3-5-10/h9-10,12,17H,2-8,15H2,1H3. The molecule has 0 saturated heterocycles. The van der Waals surface area contributed by atoms with E-state index in [0.29, 0.717) is 18.2 Å². The first kappa shape index (κ1) is 14.8. The number of rotatable bonds is 7. The summed E-state index contributed by atoms with van der Waals surface area (Å²) in [5.41, 5.74) is 3.88. The lowest BCUT2D eigenvalue weighted by Gasteiger charge is -2.21. The molecule has 5 nitrogen and oxygen atoms in total. The summed E-state index contributed by atoms with van der Waals surface area (Å²) >= 11 is 6.26. The molecule has 1 aliphatic carbocycles. The van der Waals surface area contributed by atoms with Gasteiger partial charge in [-0.3, -0.25) is 16.0 Å². The number of hydrogen-bond donors (Lipinski definition) is 2. The van der Waals surface area contributed by atoms with E-state index in [4.69, 9.17) is 22.2 Å². The Morgan fingerprint density at radius 2 is 2.32 bits per heavy atom. The van der Waals surface area contributed by atoms with Crippen LogP contribution in [0.5, 0.6) is 0 Å². The number of ether oxygens (including phenoxy) is 1. The van der Waals surface area contributed by atoms with Gasteiger partial charge in [0.05, 0.1) is 36.1 Å². The fourth-order valence-electron chi connectivity index (χ4n) is 2.91. The van der Waals surface area contributed by atoms with Crippen molar-refractivity contribution in [2.24, 2.45) is 11.8 Å². The quantitative estimate of drug-likeness (QED) is 0.596. The minimum atomic E-state index is 0.0648. The van der Waals surface area contributed by atoms with Gasteiger partial charge >= 0.3 is 0 Å². The van der Waals surface area contributed by atoms with Crippen molar-refractivity contribution >= 4 is 11.6 Å². The second-order valence-electron chi connectivity index (χ2n) is 5.20. The molecule has 1 heterocycles. The van der Waals surface area contributed by atoms with Gasteiger partial charge in [0.25, 0.3) is 0 Å². The first-order chi connectivity index (χ1) is 9.26. The zero-order chi connectivity index (χ0) is 13.7. The lowest BCUT2D eigenvalue weighted by Crippen LogP contribution is -2.31. The Hall–Kier alpha value is -0.620. The summed E-state index contributed by atoms with van der Waals surface area (Å²) in [5.74, 6) is 6.47. The maximum atomic E-state index is 6.26. The highest BCUT2D eigenvalue weighted by Crippen LogP contribution is 2.34. The SMILES string of the molecule is COCCn1ncc(Cl)c1C(CC1CCCC1)NN. The Morgan fingerprint density at radius 3 is 2.95 bits per heavy atom. The minimum Gasteiger partial charge on any atom is -0.383 e. The van der Waals surface area contributed by atoms with Crippen LogP contribution >= 0.6 is 11.6 Å². The number of nitrogens with two attached hydrogens (primary N) is 1. The van der Waals surface area contributed by atoms with E-state index in [9.17, 15) is 0 Å². The van der Waals surface area contributed by atoms with Gasteiger partial charge in [-0.25, -0.2) is 0 Å². The van der Waals surface area contributed by atoms with Crippen LogP contribution in [0.4, 0.5) is 0 Å². The third kappa shape index (κ3) is 3.69. The zero-order valence-corrected chi connectivity index (χ0v) is 12.2. The molecule has 1 fully saturated rings. The van der Waals surface area contributed by atoms with Crippen LogP contribution in [0.25, 0.3) is 0 Å². The first-order valence-electron chi connectivity index (χ1n) is 6.92. The average molecular weight is 287 g/mol. The van der Waals surface area contributed by atoms with Crippen molar-refractivity contribution in [1.29, 1.82) is 0 Å². The van der Waals surface area contributed by atoms with E-state index in [2.05, 4.69) is 10.5 Å². The van der Waals surface area contributed by atoms with Gasteiger partial charge in [0.2, 0.25) is 0 Å². The van der Waals surface area contributed by atoms with Gasteiger partial charge in [0, 0.05) is 7.11 Å². The fourth-order valence-corrected chi connectivity index (χ4v) is 3.19. The highest BCUT2D eigenvalue weighted by atomic mass is 35.5. The molecule has 0 radical (unpaired) electrons.